The Labute approximate surface area is 110 Å². The third kappa shape index (κ3) is 2.84. The Kier molecular flexibility index (Phi) is 3.89. The average molecular weight is 258 g/mol. The molecule has 2 rings (SSSR count). The van der Waals surface area contributed by atoms with E-state index in [0.717, 1.165) is 16.1 Å². The molecule has 0 aromatic heterocycles. The predicted octanol–water partition coefficient (Wildman–Crippen LogP) is 2.66. The second kappa shape index (κ2) is 5.60. The molecule has 2 aromatic rings. The van der Waals surface area contributed by atoms with Crippen LogP contribution in [0.4, 0.5) is 5.69 Å². The fourth-order valence-corrected chi connectivity index (χ4v) is 2.63. The molecule has 0 fully saturated rings. The molecule has 0 unspecified atom stereocenters. The van der Waals surface area contributed by atoms with Crippen LogP contribution < -0.4 is 11.5 Å². The minimum atomic E-state index is -0.396. The normalized spacial score (nSPS) is 10.2. The van der Waals surface area contributed by atoms with E-state index >= 15 is 0 Å². The second-order valence-electron chi connectivity index (χ2n) is 3.85. The third-order valence-electron chi connectivity index (χ3n) is 2.59. The number of hydrogen-bond acceptors (Lipinski definition) is 3. The van der Waals surface area contributed by atoms with Gasteiger partial charge in [-0.3, -0.25) is 4.79 Å². The number of benzene rings is 2. The van der Waals surface area contributed by atoms with Crippen molar-refractivity contribution in [3.63, 3.8) is 0 Å². The molecule has 4 N–H and O–H groups in total. The number of rotatable bonds is 4. The largest absolute Gasteiger partial charge is 0.398 e. The van der Waals surface area contributed by atoms with Crippen molar-refractivity contribution in [2.75, 3.05) is 5.73 Å². The van der Waals surface area contributed by atoms with Gasteiger partial charge in [-0.15, -0.1) is 11.8 Å². The zero-order valence-electron chi connectivity index (χ0n) is 9.80. The van der Waals surface area contributed by atoms with Crippen molar-refractivity contribution in [3.8, 4) is 0 Å². The first-order chi connectivity index (χ1) is 8.68. The van der Waals surface area contributed by atoms with Crippen molar-refractivity contribution in [1.82, 2.24) is 0 Å². The van der Waals surface area contributed by atoms with Crippen molar-refractivity contribution < 1.29 is 4.79 Å². The highest BCUT2D eigenvalue weighted by Crippen LogP contribution is 2.28. The number of amides is 1. The topological polar surface area (TPSA) is 69.1 Å². The maximum atomic E-state index is 11.3. The van der Waals surface area contributed by atoms with E-state index in [2.05, 4.69) is 0 Å². The van der Waals surface area contributed by atoms with Crippen molar-refractivity contribution in [1.29, 1.82) is 0 Å². The van der Waals surface area contributed by atoms with Crippen LogP contribution in [0.5, 0.6) is 0 Å². The van der Waals surface area contributed by atoms with Gasteiger partial charge in [0.25, 0.3) is 0 Å². The number of anilines is 1. The van der Waals surface area contributed by atoms with E-state index in [4.69, 9.17) is 11.5 Å². The van der Waals surface area contributed by atoms with Crippen molar-refractivity contribution in [2.45, 2.75) is 10.6 Å². The summed E-state index contributed by atoms with van der Waals surface area (Å²) in [5.41, 5.74) is 13.5. The number of hydrogen-bond donors (Lipinski definition) is 2. The molecule has 3 nitrogen and oxygen atoms in total. The maximum Gasteiger partial charge on any atom is 0.249 e. The minimum Gasteiger partial charge on any atom is -0.398 e. The maximum absolute atomic E-state index is 11.3. The van der Waals surface area contributed by atoms with Gasteiger partial charge in [0.15, 0.2) is 0 Å². The van der Waals surface area contributed by atoms with E-state index in [-0.39, 0.29) is 0 Å². The molecule has 4 heteroatoms. The number of thioether (sulfide) groups is 1. The predicted molar refractivity (Wildman–Crippen MR) is 75.4 cm³/mol. The summed E-state index contributed by atoms with van der Waals surface area (Å²) >= 11 is 1.60. The molecular weight excluding hydrogens is 244 g/mol. The Morgan fingerprint density at radius 1 is 1.06 bits per heavy atom. The molecule has 0 aliphatic carbocycles. The van der Waals surface area contributed by atoms with Gasteiger partial charge in [-0.2, -0.15) is 0 Å². The Bertz CT molecular complexity index is 569. The summed E-state index contributed by atoms with van der Waals surface area (Å²) in [4.78, 5) is 12.3. The van der Waals surface area contributed by atoms with Crippen LogP contribution in [0.25, 0.3) is 0 Å². The molecule has 2 aromatic carbocycles. The van der Waals surface area contributed by atoms with E-state index in [1.54, 1.807) is 17.8 Å². The Morgan fingerprint density at radius 2 is 1.72 bits per heavy atom. The monoisotopic (exact) mass is 258 g/mol. The fraction of sp³-hybridized carbons (Fsp3) is 0.0714. The lowest BCUT2D eigenvalue weighted by Crippen LogP contribution is -2.13. The van der Waals surface area contributed by atoms with E-state index < -0.39 is 5.91 Å². The molecule has 0 saturated heterocycles. The summed E-state index contributed by atoms with van der Waals surface area (Å²) in [6.07, 6.45) is 0. The smallest absolute Gasteiger partial charge is 0.249 e. The summed E-state index contributed by atoms with van der Waals surface area (Å²) in [6, 6.07) is 15.0. The molecule has 1 amide bonds. The van der Waals surface area contributed by atoms with Gasteiger partial charge in [-0.05, 0) is 23.8 Å². The Hall–Kier alpha value is -1.94. The van der Waals surface area contributed by atoms with E-state index in [1.165, 1.54) is 0 Å². The van der Waals surface area contributed by atoms with E-state index in [1.807, 2.05) is 42.5 Å². The molecule has 0 aliphatic rings. The summed E-state index contributed by atoms with van der Waals surface area (Å²) in [5.74, 6) is 0.278. The minimum absolute atomic E-state index is 0.396. The highest BCUT2D eigenvalue weighted by Gasteiger charge is 2.08. The Morgan fingerprint density at radius 3 is 2.44 bits per heavy atom. The van der Waals surface area contributed by atoms with Crippen LogP contribution in [0.1, 0.15) is 15.9 Å². The molecule has 0 atom stereocenters. The number of para-hydroxylation sites is 1. The van der Waals surface area contributed by atoms with Crippen LogP contribution in [0, 0.1) is 0 Å². The van der Waals surface area contributed by atoms with Crippen LogP contribution in [-0.4, -0.2) is 5.91 Å². The first kappa shape index (κ1) is 12.5. The molecule has 92 valence electrons. The van der Waals surface area contributed by atoms with E-state index in [9.17, 15) is 4.79 Å². The summed E-state index contributed by atoms with van der Waals surface area (Å²) in [6.45, 7) is 0. The number of carbonyl (C=O) groups is 1. The molecular formula is C14H14N2OS. The summed E-state index contributed by atoms with van der Waals surface area (Å²) in [5, 5.41) is 0. The first-order valence-electron chi connectivity index (χ1n) is 5.53. The van der Waals surface area contributed by atoms with Crippen LogP contribution in [0.3, 0.4) is 0 Å². The van der Waals surface area contributed by atoms with Gasteiger partial charge in [-0.1, -0.05) is 30.3 Å². The van der Waals surface area contributed by atoms with Crippen LogP contribution in [0.2, 0.25) is 0 Å². The van der Waals surface area contributed by atoms with Crippen LogP contribution in [0.15, 0.2) is 53.4 Å². The average Bonchev–Trinajstić information content (AvgIpc) is 2.38. The standard InChI is InChI=1S/C14H14N2OS/c15-12-7-3-4-8-13(12)18-9-10-5-1-2-6-11(10)14(16)17/h1-8H,9,15H2,(H2,16,17). The van der Waals surface area contributed by atoms with Crippen molar-refractivity contribution in [3.05, 3.63) is 59.7 Å². The van der Waals surface area contributed by atoms with Gasteiger partial charge in [0.05, 0.1) is 0 Å². The Balaban J connectivity index is 2.16. The quantitative estimate of drug-likeness (QED) is 0.654. The van der Waals surface area contributed by atoms with Gasteiger partial charge in [0, 0.05) is 21.9 Å². The van der Waals surface area contributed by atoms with Gasteiger partial charge < -0.3 is 11.5 Å². The molecule has 0 aliphatic heterocycles. The number of nitrogens with two attached hydrogens (primary N) is 2. The van der Waals surface area contributed by atoms with Crippen LogP contribution in [-0.2, 0) is 5.75 Å². The number of carbonyl (C=O) groups excluding carboxylic acids is 1. The molecule has 0 spiro atoms. The summed E-state index contributed by atoms with van der Waals surface area (Å²) in [7, 11) is 0. The molecule has 0 heterocycles. The lowest BCUT2D eigenvalue weighted by Gasteiger charge is -2.07. The van der Waals surface area contributed by atoms with Crippen molar-refractivity contribution >= 4 is 23.4 Å². The fourth-order valence-electron chi connectivity index (χ4n) is 1.65. The SMILES string of the molecule is NC(=O)c1ccccc1CSc1ccccc1N. The highest BCUT2D eigenvalue weighted by atomic mass is 32.2. The van der Waals surface area contributed by atoms with Gasteiger partial charge in [0.1, 0.15) is 0 Å². The van der Waals surface area contributed by atoms with E-state index in [0.29, 0.717) is 11.3 Å². The van der Waals surface area contributed by atoms with Gasteiger partial charge in [0.2, 0.25) is 5.91 Å². The molecule has 0 bridgehead atoms. The van der Waals surface area contributed by atoms with Crippen molar-refractivity contribution in [2.24, 2.45) is 5.73 Å². The zero-order chi connectivity index (χ0) is 13.0. The lowest BCUT2D eigenvalue weighted by molar-refractivity contribution is 0.0999. The van der Waals surface area contributed by atoms with Gasteiger partial charge in [-0.25, -0.2) is 0 Å². The lowest BCUT2D eigenvalue weighted by atomic mass is 10.1. The zero-order valence-corrected chi connectivity index (χ0v) is 10.6. The van der Waals surface area contributed by atoms with Crippen LogP contribution >= 0.6 is 11.8 Å². The van der Waals surface area contributed by atoms with Gasteiger partial charge >= 0.3 is 0 Å². The first-order valence-corrected chi connectivity index (χ1v) is 6.52. The second-order valence-corrected chi connectivity index (χ2v) is 4.87. The highest BCUT2D eigenvalue weighted by molar-refractivity contribution is 7.98. The summed E-state index contributed by atoms with van der Waals surface area (Å²) < 4.78 is 0. The molecule has 0 radical (unpaired) electrons. The third-order valence-corrected chi connectivity index (χ3v) is 3.72. The molecule has 0 saturated carbocycles. The molecule has 18 heavy (non-hydrogen) atoms. The number of nitrogen functional groups attached to an aromatic ring is 1. The number of primary amides is 1.